The van der Waals surface area contributed by atoms with Crippen molar-refractivity contribution in [3.63, 3.8) is 0 Å². The Morgan fingerprint density at radius 1 is 1.00 bits per heavy atom. The maximum atomic E-state index is 12.5. The molecule has 1 heterocycles. The highest BCUT2D eigenvalue weighted by Gasteiger charge is 2.29. The number of likely N-dealkylation sites (tertiary alicyclic amines) is 1. The Hall–Kier alpha value is -2.13. The van der Waals surface area contributed by atoms with Gasteiger partial charge in [0.1, 0.15) is 0 Å². The van der Waals surface area contributed by atoms with E-state index < -0.39 is 0 Å². The number of nitrogens with one attached hydrogen (secondary N) is 2. The van der Waals surface area contributed by atoms with Crippen molar-refractivity contribution in [1.82, 2.24) is 5.32 Å². The number of piperidine rings is 1. The molecule has 138 valence electrons. The summed E-state index contributed by atoms with van der Waals surface area (Å²) in [6.45, 7) is 5.00. The largest absolute Gasteiger partial charge is 0.351 e. The second kappa shape index (κ2) is 9.54. The number of carbonyl (C=O) groups excluding carboxylic acids is 1. The van der Waals surface area contributed by atoms with Gasteiger partial charge < -0.3 is 10.2 Å². The summed E-state index contributed by atoms with van der Waals surface area (Å²) in [4.78, 5) is 13.9. The minimum Gasteiger partial charge on any atom is -0.351 e. The van der Waals surface area contributed by atoms with Crippen LogP contribution in [0.25, 0.3) is 0 Å². The number of benzene rings is 2. The molecule has 0 saturated carbocycles. The molecule has 3 nitrogen and oxygen atoms in total. The summed E-state index contributed by atoms with van der Waals surface area (Å²) in [6.07, 6.45) is 4.50. The standard InChI is InChI=1S/C23H30N2O/c1-19(23(26)24-15-12-20-8-4-2-5-9-20)25-16-13-22(14-17-25)18-21-10-6-3-7-11-21/h2-11,19,22H,12-18H2,1H3,(H,24,26)/p+1/t19-/m0/s1. The minimum absolute atomic E-state index is 0.0449. The first-order valence-corrected chi connectivity index (χ1v) is 9.92. The van der Waals surface area contributed by atoms with Gasteiger partial charge in [0.05, 0.1) is 13.1 Å². The zero-order valence-corrected chi connectivity index (χ0v) is 15.8. The molecule has 3 heteroatoms. The molecular formula is C23H31N2O+. The number of rotatable bonds is 7. The van der Waals surface area contributed by atoms with Crippen molar-refractivity contribution in [3.05, 3.63) is 71.8 Å². The Balaban J connectivity index is 1.38. The molecule has 1 saturated heterocycles. The molecule has 0 unspecified atom stereocenters. The van der Waals surface area contributed by atoms with Crippen molar-refractivity contribution in [2.45, 2.75) is 38.6 Å². The fourth-order valence-electron chi connectivity index (χ4n) is 3.95. The van der Waals surface area contributed by atoms with Gasteiger partial charge in [-0.15, -0.1) is 0 Å². The summed E-state index contributed by atoms with van der Waals surface area (Å²) in [5, 5.41) is 3.12. The normalized spacial score (nSPS) is 21.1. The quantitative estimate of drug-likeness (QED) is 0.788. The average Bonchev–Trinajstić information content (AvgIpc) is 2.69. The molecule has 1 amide bonds. The Bertz CT molecular complexity index is 663. The first kappa shape index (κ1) is 18.7. The van der Waals surface area contributed by atoms with E-state index in [2.05, 4.69) is 54.7 Å². The van der Waals surface area contributed by atoms with E-state index in [1.165, 1.54) is 35.3 Å². The molecule has 2 aromatic rings. The molecule has 1 aliphatic heterocycles. The molecule has 2 N–H and O–H groups in total. The van der Waals surface area contributed by atoms with E-state index in [1.54, 1.807) is 0 Å². The van der Waals surface area contributed by atoms with Crippen molar-refractivity contribution < 1.29 is 9.69 Å². The lowest BCUT2D eigenvalue weighted by Crippen LogP contribution is -3.17. The Morgan fingerprint density at radius 2 is 1.58 bits per heavy atom. The Kier molecular flexibility index (Phi) is 6.84. The summed E-state index contributed by atoms with van der Waals surface area (Å²) in [5.41, 5.74) is 2.71. The lowest BCUT2D eigenvalue weighted by atomic mass is 9.89. The summed E-state index contributed by atoms with van der Waals surface area (Å²) in [5.74, 6) is 0.951. The van der Waals surface area contributed by atoms with E-state index in [0.29, 0.717) is 0 Å². The minimum atomic E-state index is 0.0449. The zero-order chi connectivity index (χ0) is 18.2. The van der Waals surface area contributed by atoms with Gasteiger partial charge in [0, 0.05) is 6.54 Å². The Morgan fingerprint density at radius 3 is 2.19 bits per heavy atom. The van der Waals surface area contributed by atoms with E-state index in [9.17, 15) is 4.79 Å². The van der Waals surface area contributed by atoms with Gasteiger partial charge in [-0.25, -0.2) is 0 Å². The first-order valence-electron chi connectivity index (χ1n) is 9.92. The smallest absolute Gasteiger partial charge is 0.278 e. The third kappa shape index (κ3) is 5.43. The summed E-state index contributed by atoms with van der Waals surface area (Å²) in [6, 6.07) is 21.1. The third-order valence-electron chi connectivity index (χ3n) is 5.68. The number of carbonyl (C=O) groups is 1. The fourth-order valence-corrected chi connectivity index (χ4v) is 3.95. The SMILES string of the molecule is C[C@@H](C(=O)NCCc1ccccc1)[NH+]1CCC(Cc2ccccc2)CC1. The van der Waals surface area contributed by atoms with Crippen LogP contribution in [0.2, 0.25) is 0 Å². The van der Waals surface area contributed by atoms with Crippen molar-refractivity contribution in [3.8, 4) is 0 Å². The van der Waals surface area contributed by atoms with Gasteiger partial charge in [0.25, 0.3) is 5.91 Å². The van der Waals surface area contributed by atoms with Gasteiger partial charge in [-0.05, 0) is 49.7 Å². The fraction of sp³-hybridized carbons (Fsp3) is 0.435. The topological polar surface area (TPSA) is 33.5 Å². The molecule has 0 aromatic heterocycles. The number of amides is 1. The highest BCUT2D eigenvalue weighted by atomic mass is 16.2. The highest BCUT2D eigenvalue weighted by Crippen LogP contribution is 2.16. The van der Waals surface area contributed by atoms with E-state index in [-0.39, 0.29) is 11.9 Å². The van der Waals surface area contributed by atoms with Gasteiger partial charge in [0.2, 0.25) is 0 Å². The summed E-state index contributed by atoms with van der Waals surface area (Å²) < 4.78 is 0. The van der Waals surface area contributed by atoms with E-state index >= 15 is 0 Å². The molecule has 0 bridgehead atoms. The third-order valence-corrected chi connectivity index (χ3v) is 5.68. The molecule has 1 fully saturated rings. The first-order chi connectivity index (χ1) is 12.7. The van der Waals surface area contributed by atoms with Gasteiger partial charge in [-0.1, -0.05) is 60.7 Å². The van der Waals surface area contributed by atoms with Crippen LogP contribution in [0.15, 0.2) is 60.7 Å². The molecule has 3 rings (SSSR count). The molecule has 1 atom stereocenters. The number of hydrogen-bond donors (Lipinski definition) is 2. The van der Waals surface area contributed by atoms with Crippen LogP contribution in [0.3, 0.4) is 0 Å². The van der Waals surface area contributed by atoms with Gasteiger partial charge >= 0.3 is 0 Å². The molecule has 2 aromatic carbocycles. The van der Waals surface area contributed by atoms with Crippen LogP contribution in [-0.4, -0.2) is 31.6 Å². The van der Waals surface area contributed by atoms with Gasteiger partial charge in [-0.3, -0.25) is 4.79 Å². The maximum absolute atomic E-state index is 12.5. The van der Waals surface area contributed by atoms with Crippen molar-refractivity contribution >= 4 is 5.91 Å². The summed E-state index contributed by atoms with van der Waals surface area (Å²) in [7, 11) is 0. The van der Waals surface area contributed by atoms with Gasteiger partial charge in [0.15, 0.2) is 6.04 Å². The molecule has 0 spiro atoms. The molecular weight excluding hydrogens is 320 g/mol. The second-order valence-electron chi connectivity index (χ2n) is 7.54. The predicted molar refractivity (Wildman–Crippen MR) is 106 cm³/mol. The van der Waals surface area contributed by atoms with Crippen LogP contribution in [0, 0.1) is 5.92 Å². The molecule has 26 heavy (non-hydrogen) atoms. The second-order valence-corrected chi connectivity index (χ2v) is 7.54. The molecule has 1 aliphatic rings. The number of hydrogen-bond acceptors (Lipinski definition) is 1. The van der Waals surface area contributed by atoms with Crippen LogP contribution in [-0.2, 0) is 17.6 Å². The lowest BCUT2D eigenvalue weighted by Gasteiger charge is -2.32. The van der Waals surface area contributed by atoms with E-state index in [0.717, 1.165) is 32.0 Å². The average molecular weight is 352 g/mol. The summed E-state index contributed by atoms with van der Waals surface area (Å²) >= 11 is 0. The van der Waals surface area contributed by atoms with Crippen LogP contribution in [0.5, 0.6) is 0 Å². The van der Waals surface area contributed by atoms with Crippen LogP contribution >= 0.6 is 0 Å². The molecule has 0 aliphatic carbocycles. The van der Waals surface area contributed by atoms with Crippen molar-refractivity contribution in [2.75, 3.05) is 19.6 Å². The van der Waals surface area contributed by atoms with Crippen LogP contribution < -0.4 is 10.2 Å². The lowest BCUT2D eigenvalue weighted by molar-refractivity contribution is -0.920. The molecule has 0 radical (unpaired) electrons. The van der Waals surface area contributed by atoms with Crippen LogP contribution in [0.4, 0.5) is 0 Å². The van der Waals surface area contributed by atoms with E-state index in [1.807, 2.05) is 18.2 Å². The van der Waals surface area contributed by atoms with Crippen molar-refractivity contribution in [2.24, 2.45) is 5.92 Å². The van der Waals surface area contributed by atoms with Crippen molar-refractivity contribution in [1.29, 1.82) is 0 Å². The van der Waals surface area contributed by atoms with E-state index in [4.69, 9.17) is 0 Å². The number of quaternary nitrogens is 1. The predicted octanol–water partition coefficient (Wildman–Crippen LogP) is 2.27. The maximum Gasteiger partial charge on any atom is 0.278 e. The highest BCUT2D eigenvalue weighted by molar-refractivity contribution is 5.79. The zero-order valence-electron chi connectivity index (χ0n) is 15.8. The van der Waals surface area contributed by atoms with Gasteiger partial charge in [-0.2, -0.15) is 0 Å². The monoisotopic (exact) mass is 351 g/mol. The Labute approximate surface area is 157 Å². The van der Waals surface area contributed by atoms with Crippen LogP contribution in [0.1, 0.15) is 30.9 Å².